The van der Waals surface area contributed by atoms with Gasteiger partial charge in [0.2, 0.25) is 0 Å². The number of hydrogen-bond acceptors (Lipinski definition) is 2. The summed E-state index contributed by atoms with van der Waals surface area (Å²) in [5.74, 6) is 0.630. The van der Waals surface area contributed by atoms with Gasteiger partial charge in [0.1, 0.15) is 6.61 Å². The van der Waals surface area contributed by atoms with E-state index in [2.05, 4.69) is 0 Å². The number of Topliss-reactive ketones (excluding diaryl/α,β-unsaturated/α-hetero) is 1. The van der Waals surface area contributed by atoms with Gasteiger partial charge in [0.05, 0.1) is 0 Å². The van der Waals surface area contributed by atoms with Crippen molar-refractivity contribution in [2.45, 2.75) is 32.6 Å². The van der Waals surface area contributed by atoms with Crippen LogP contribution in [0.4, 0.5) is 0 Å². The minimum atomic E-state index is 0.310. The summed E-state index contributed by atoms with van der Waals surface area (Å²) < 4.78 is 5.06. The van der Waals surface area contributed by atoms with E-state index in [-0.39, 0.29) is 0 Å². The van der Waals surface area contributed by atoms with Gasteiger partial charge in [-0.25, -0.2) is 0 Å². The summed E-state index contributed by atoms with van der Waals surface area (Å²) in [6, 6.07) is 0. The van der Waals surface area contributed by atoms with Crippen molar-refractivity contribution >= 4 is 5.78 Å². The zero-order valence-corrected chi connectivity index (χ0v) is 7.14. The van der Waals surface area contributed by atoms with Crippen LogP contribution >= 0.6 is 0 Å². The topological polar surface area (TPSA) is 26.3 Å². The Morgan fingerprint density at radius 2 is 2.09 bits per heavy atom. The molecule has 0 aromatic heterocycles. The van der Waals surface area contributed by atoms with Gasteiger partial charge in [0.15, 0.2) is 5.78 Å². The highest BCUT2D eigenvalue weighted by Gasteiger charge is 2.21. The summed E-state index contributed by atoms with van der Waals surface area (Å²) in [6.45, 7) is 2.90. The van der Waals surface area contributed by atoms with Crippen LogP contribution in [0.15, 0.2) is 0 Å². The molecule has 0 saturated heterocycles. The van der Waals surface area contributed by atoms with Crippen molar-refractivity contribution < 1.29 is 9.53 Å². The van der Waals surface area contributed by atoms with Gasteiger partial charge in [-0.15, -0.1) is 0 Å². The van der Waals surface area contributed by atoms with Crippen molar-refractivity contribution in [2.24, 2.45) is 5.92 Å². The first-order chi connectivity index (χ1) is 5.34. The zero-order valence-electron chi connectivity index (χ0n) is 7.14. The van der Waals surface area contributed by atoms with E-state index in [1.54, 1.807) is 0 Å². The van der Waals surface area contributed by atoms with Crippen molar-refractivity contribution in [3.8, 4) is 0 Å². The molecule has 0 heterocycles. The van der Waals surface area contributed by atoms with Crippen LogP contribution in [0.5, 0.6) is 0 Å². The molecule has 0 spiro atoms. The van der Waals surface area contributed by atoms with Gasteiger partial charge in [0, 0.05) is 12.5 Å². The number of rotatable bonds is 4. The Labute approximate surface area is 67.9 Å². The molecule has 2 nitrogen and oxygen atoms in total. The first-order valence-electron chi connectivity index (χ1n) is 4.45. The smallest absolute Gasteiger partial charge is 0.161 e. The third kappa shape index (κ3) is 2.62. The van der Waals surface area contributed by atoms with Crippen LogP contribution in [-0.4, -0.2) is 19.0 Å². The summed E-state index contributed by atoms with van der Waals surface area (Å²) in [4.78, 5) is 11.3. The van der Waals surface area contributed by atoms with E-state index < -0.39 is 0 Å². The van der Waals surface area contributed by atoms with E-state index >= 15 is 0 Å². The van der Waals surface area contributed by atoms with Crippen LogP contribution in [0.3, 0.4) is 0 Å². The van der Waals surface area contributed by atoms with Crippen LogP contribution in [-0.2, 0) is 9.53 Å². The van der Waals surface area contributed by atoms with E-state index in [1.807, 2.05) is 6.92 Å². The second-order valence-electron chi connectivity index (χ2n) is 3.08. The standard InChI is InChI=1S/C9H16O2/c1-2-11-7-9(10)8-5-3-4-6-8/h8H,2-7H2,1H3. The number of carbonyl (C=O) groups is 1. The number of ketones is 1. The van der Waals surface area contributed by atoms with Gasteiger partial charge < -0.3 is 4.74 Å². The average molecular weight is 156 g/mol. The van der Waals surface area contributed by atoms with Gasteiger partial charge in [-0.1, -0.05) is 12.8 Å². The van der Waals surface area contributed by atoms with Gasteiger partial charge in [0.25, 0.3) is 0 Å². The van der Waals surface area contributed by atoms with Crippen molar-refractivity contribution in [3.05, 3.63) is 0 Å². The minimum absolute atomic E-state index is 0.310. The van der Waals surface area contributed by atoms with E-state index in [0.29, 0.717) is 24.9 Å². The van der Waals surface area contributed by atoms with Crippen molar-refractivity contribution in [2.75, 3.05) is 13.2 Å². The average Bonchev–Trinajstić information content (AvgIpc) is 2.52. The maximum atomic E-state index is 11.3. The second-order valence-corrected chi connectivity index (χ2v) is 3.08. The molecule has 2 heteroatoms. The van der Waals surface area contributed by atoms with Gasteiger partial charge in [-0.05, 0) is 19.8 Å². The van der Waals surface area contributed by atoms with E-state index in [4.69, 9.17) is 4.74 Å². The maximum absolute atomic E-state index is 11.3. The third-order valence-corrected chi connectivity index (χ3v) is 2.26. The van der Waals surface area contributed by atoms with Crippen molar-refractivity contribution in [1.29, 1.82) is 0 Å². The molecular weight excluding hydrogens is 140 g/mol. The van der Waals surface area contributed by atoms with Crippen LogP contribution in [0, 0.1) is 5.92 Å². The molecule has 0 unspecified atom stereocenters. The molecule has 0 bridgehead atoms. The SMILES string of the molecule is CCOCC(=O)C1CCCC1. The molecule has 1 aliphatic rings. The second kappa shape index (κ2) is 4.50. The number of carbonyl (C=O) groups excluding carboxylic acids is 1. The van der Waals surface area contributed by atoms with Crippen molar-refractivity contribution in [1.82, 2.24) is 0 Å². The van der Waals surface area contributed by atoms with Crippen molar-refractivity contribution in [3.63, 3.8) is 0 Å². The van der Waals surface area contributed by atoms with Gasteiger partial charge >= 0.3 is 0 Å². The van der Waals surface area contributed by atoms with E-state index in [0.717, 1.165) is 12.8 Å². The Hall–Kier alpha value is -0.370. The highest BCUT2D eigenvalue weighted by molar-refractivity contribution is 5.82. The summed E-state index contributed by atoms with van der Waals surface area (Å²) in [7, 11) is 0. The normalized spacial score (nSPS) is 19.0. The summed E-state index contributed by atoms with van der Waals surface area (Å²) in [5, 5.41) is 0. The van der Waals surface area contributed by atoms with Crippen LogP contribution in [0.1, 0.15) is 32.6 Å². The molecule has 0 radical (unpaired) electrons. The van der Waals surface area contributed by atoms with Crippen LogP contribution < -0.4 is 0 Å². The predicted octanol–water partition coefficient (Wildman–Crippen LogP) is 1.78. The first-order valence-corrected chi connectivity index (χ1v) is 4.45. The third-order valence-electron chi connectivity index (χ3n) is 2.26. The molecule has 0 aromatic rings. The summed E-state index contributed by atoms with van der Waals surface area (Å²) >= 11 is 0. The van der Waals surface area contributed by atoms with E-state index in [9.17, 15) is 4.79 Å². The Balaban J connectivity index is 2.17. The Morgan fingerprint density at radius 1 is 1.45 bits per heavy atom. The number of hydrogen-bond donors (Lipinski definition) is 0. The minimum Gasteiger partial charge on any atom is -0.374 e. The molecule has 1 rings (SSSR count). The quantitative estimate of drug-likeness (QED) is 0.620. The predicted molar refractivity (Wildman–Crippen MR) is 43.5 cm³/mol. The molecule has 1 saturated carbocycles. The monoisotopic (exact) mass is 156 g/mol. The molecule has 0 amide bonds. The molecule has 0 atom stereocenters. The highest BCUT2D eigenvalue weighted by Crippen LogP contribution is 2.25. The molecule has 1 aliphatic carbocycles. The summed E-state index contributed by atoms with van der Waals surface area (Å²) in [5.41, 5.74) is 0. The lowest BCUT2D eigenvalue weighted by Gasteiger charge is -2.06. The lowest BCUT2D eigenvalue weighted by atomic mass is 10.0. The molecule has 0 aliphatic heterocycles. The molecular formula is C9H16O2. The maximum Gasteiger partial charge on any atom is 0.161 e. The van der Waals surface area contributed by atoms with E-state index in [1.165, 1.54) is 12.8 Å². The molecule has 64 valence electrons. The van der Waals surface area contributed by atoms with Gasteiger partial charge in [-0.3, -0.25) is 4.79 Å². The Morgan fingerprint density at radius 3 is 2.64 bits per heavy atom. The fraction of sp³-hybridized carbons (Fsp3) is 0.889. The largest absolute Gasteiger partial charge is 0.374 e. The zero-order chi connectivity index (χ0) is 8.10. The Kier molecular flexibility index (Phi) is 3.57. The van der Waals surface area contributed by atoms with Crippen LogP contribution in [0.2, 0.25) is 0 Å². The molecule has 11 heavy (non-hydrogen) atoms. The Bertz CT molecular complexity index is 126. The molecule has 0 aromatic carbocycles. The highest BCUT2D eigenvalue weighted by atomic mass is 16.5. The number of ether oxygens (including phenoxy) is 1. The lowest BCUT2D eigenvalue weighted by Crippen LogP contribution is -2.17. The first kappa shape index (κ1) is 8.72. The lowest BCUT2D eigenvalue weighted by molar-refractivity contribution is -0.127. The molecule has 0 N–H and O–H groups in total. The van der Waals surface area contributed by atoms with Crippen LogP contribution in [0.25, 0.3) is 0 Å². The fourth-order valence-corrected chi connectivity index (χ4v) is 1.57. The summed E-state index contributed by atoms with van der Waals surface area (Å²) in [6.07, 6.45) is 4.63. The molecule has 1 fully saturated rings. The fourth-order valence-electron chi connectivity index (χ4n) is 1.57. The van der Waals surface area contributed by atoms with Gasteiger partial charge in [-0.2, -0.15) is 0 Å².